The maximum Gasteiger partial charge on any atom is 0.263 e. The molecule has 1 atom stereocenters. The molecular formula is C15H13N3O2S. The van der Waals surface area contributed by atoms with E-state index in [-0.39, 0.29) is 17.5 Å². The summed E-state index contributed by atoms with van der Waals surface area (Å²) < 4.78 is 1.04. The molecule has 1 amide bonds. The maximum absolute atomic E-state index is 12.3. The molecule has 1 aliphatic rings. The fourth-order valence-electron chi connectivity index (χ4n) is 2.76. The lowest BCUT2D eigenvalue weighted by molar-refractivity contribution is 0.0949. The van der Waals surface area contributed by atoms with Gasteiger partial charge in [0.1, 0.15) is 4.88 Å². The third kappa shape index (κ3) is 1.83. The zero-order valence-corrected chi connectivity index (χ0v) is 12.1. The van der Waals surface area contributed by atoms with Crippen LogP contribution >= 0.6 is 11.3 Å². The Morgan fingerprint density at radius 2 is 2.05 bits per heavy atom. The molecule has 3 N–H and O–H groups in total. The highest BCUT2D eigenvalue weighted by Gasteiger charge is 2.24. The molecule has 2 aromatic heterocycles. The summed E-state index contributed by atoms with van der Waals surface area (Å²) in [6.45, 7) is 2.66. The van der Waals surface area contributed by atoms with E-state index in [2.05, 4.69) is 15.6 Å². The summed E-state index contributed by atoms with van der Waals surface area (Å²) in [5, 5.41) is 8.30. The van der Waals surface area contributed by atoms with Crippen LogP contribution in [0.2, 0.25) is 0 Å². The van der Waals surface area contributed by atoms with Crippen LogP contribution in [-0.4, -0.2) is 23.5 Å². The molecule has 5 nitrogen and oxygen atoms in total. The van der Waals surface area contributed by atoms with Crippen molar-refractivity contribution in [3.63, 3.8) is 0 Å². The minimum Gasteiger partial charge on any atom is -0.381 e. The number of carbonyl (C=O) groups is 1. The van der Waals surface area contributed by atoms with Crippen molar-refractivity contribution >= 4 is 43.9 Å². The van der Waals surface area contributed by atoms with Gasteiger partial charge in [-0.15, -0.1) is 11.3 Å². The van der Waals surface area contributed by atoms with Crippen molar-refractivity contribution in [2.45, 2.75) is 13.0 Å². The van der Waals surface area contributed by atoms with Crippen molar-refractivity contribution in [2.75, 3.05) is 11.9 Å². The number of aromatic amines is 1. The zero-order valence-electron chi connectivity index (χ0n) is 11.3. The molecule has 21 heavy (non-hydrogen) atoms. The number of thiophene rings is 1. The molecule has 6 heteroatoms. The second-order valence-electron chi connectivity index (χ2n) is 5.28. The Morgan fingerprint density at radius 1 is 1.19 bits per heavy atom. The van der Waals surface area contributed by atoms with Gasteiger partial charge in [0, 0.05) is 39.6 Å². The van der Waals surface area contributed by atoms with Crippen LogP contribution in [-0.2, 0) is 0 Å². The molecule has 3 heterocycles. The van der Waals surface area contributed by atoms with E-state index >= 15 is 0 Å². The first-order valence-electron chi connectivity index (χ1n) is 6.77. The molecular weight excluding hydrogens is 286 g/mol. The summed E-state index contributed by atoms with van der Waals surface area (Å²) in [7, 11) is 0. The number of anilines is 1. The smallest absolute Gasteiger partial charge is 0.263 e. The average molecular weight is 299 g/mol. The van der Waals surface area contributed by atoms with Crippen LogP contribution in [0.5, 0.6) is 0 Å². The highest BCUT2D eigenvalue weighted by atomic mass is 32.1. The van der Waals surface area contributed by atoms with Gasteiger partial charge in [0.2, 0.25) is 5.56 Å². The van der Waals surface area contributed by atoms with E-state index in [0.717, 1.165) is 26.7 Å². The molecule has 0 saturated carbocycles. The highest BCUT2D eigenvalue weighted by molar-refractivity contribution is 7.21. The number of amides is 1. The number of hydrogen-bond donors (Lipinski definition) is 3. The summed E-state index contributed by atoms with van der Waals surface area (Å²) in [4.78, 5) is 27.3. The van der Waals surface area contributed by atoms with Crippen molar-refractivity contribution < 1.29 is 4.79 Å². The van der Waals surface area contributed by atoms with Gasteiger partial charge in [-0.3, -0.25) is 9.59 Å². The van der Waals surface area contributed by atoms with Gasteiger partial charge in [-0.2, -0.15) is 0 Å². The maximum atomic E-state index is 12.3. The molecule has 1 aromatic carbocycles. The van der Waals surface area contributed by atoms with Gasteiger partial charge < -0.3 is 15.6 Å². The second-order valence-corrected chi connectivity index (χ2v) is 6.34. The largest absolute Gasteiger partial charge is 0.381 e. The molecule has 1 unspecified atom stereocenters. The number of benzene rings is 1. The number of rotatable bonds is 0. The first kappa shape index (κ1) is 12.4. The molecule has 3 aromatic rings. The van der Waals surface area contributed by atoms with Crippen LogP contribution in [0.15, 0.2) is 29.1 Å². The Morgan fingerprint density at radius 3 is 2.90 bits per heavy atom. The number of H-pyrrole nitrogens is 1. The van der Waals surface area contributed by atoms with Gasteiger partial charge in [0.05, 0.1) is 5.69 Å². The molecule has 0 fully saturated rings. The molecule has 1 aliphatic heterocycles. The lowest BCUT2D eigenvalue weighted by Crippen LogP contribution is -2.34. The second kappa shape index (κ2) is 4.33. The van der Waals surface area contributed by atoms with Crippen LogP contribution in [0.3, 0.4) is 0 Å². The topological polar surface area (TPSA) is 74.0 Å². The van der Waals surface area contributed by atoms with Crippen LogP contribution in [0.1, 0.15) is 16.6 Å². The van der Waals surface area contributed by atoms with Crippen molar-refractivity contribution in [1.29, 1.82) is 0 Å². The van der Waals surface area contributed by atoms with Crippen molar-refractivity contribution in [1.82, 2.24) is 10.3 Å². The summed E-state index contributed by atoms with van der Waals surface area (Å²) in [6, 6.07) is 7.26. The van der Waals surface area contributed by atoms with E-state index in [4.69, 9.17) is 0 Å². The number of carbonyl (C=O) groups excluding carboxylic acids is 1. The number of fused-ring (bicyclic) bond motifs is 5. The molecule has 0 aliphatic carbocycles. The van der Waals surface area contributed by atoms with E-state index in [9.17, 15) is 9.59 Å². The standard InChI is InChI=1S/C15H13N3O2S/c1-7-6-16-13-12-8-2-5-11(19)18-9(8)3-4-10(12)21-14(13)15(20)17-7/h2-5,7,16H,6H2,1H3,(H,17,20)(H,18,19). The lowest BCUT2D eigenvalue weighted by Gasteiger charge is -2.09. The molecule has 0 radical (unpaired) electrons. The van der Waals surface area contributed by atoms with E-state index in [0.29, 0.717) is 11.4 Å². The molecule has 4 rings (SSSR count). The first-order chi connectivity index (χ1) is 10.1. The van der Waals surface area contributed by atoms with E-state index < -0.39 is 0 Å². The Bertz CT molecular complexity index is 941. The molecule has 106 valence electrons. The average Bonchev–Trinajstić information content (AvgIpc) is 2.77. The monoisotopic (exact) mass is 299 g/mol. The summed E-state index contributed by atoms with van der Waals surface area (Å²) in [5.74, 6) is -0.0405. The summed E-state index contributed by atoms with van der Waals surface area (Å²) >= 11 is 1.48. The Hall–Kier alpha value is -2.34. The Balaban J connectivity index is 2.10. The number of nitrogens with one attached hydrogen (secondary N) is 3. The Kier molecular flexibility index (Phi) is 2.56. The van der Waals surface area contributed by atoms with Crippen LogP contribution in [0, 0.1) is 0 Å². The SMILES string of the molecule is CC1CNc2c(sc3ccc4[nH]c(=O)ccc4c23)C(=O)N1. The summed E-state index contributed by atoms with van der Waals surface area (Å²) in [5.41, 5.74) is 1.53. The van der Waals surface area contributed by atoms with Crippen molar-refractivity contribution in [3.8, 4) is 0 Å². The van der Waals surface area contributed by atoms with Crippen molar-refractivity contribution in [2.24, 2.45) is 0 Å². The number of hydrogen-bond acceptors (Lipinski definition) is 4. The number of pyridine rings is 1. The fraction of sp³-hybridized carbons (Fsp3) is 0.200. The fourth-order valence-corrected chi connectivity index (χ4v) is 3.85. The molecule has 0 saturated heterocycles. The minimum absolute atomic E-state index is 0.0405. The minimum atomic E-state index is -0.123. The van der Waals surface area contributed by atoms with Crippen LogP contribution in [0.4, 0.5) is 5.69 Å². The van der Waals surface area contributed by atoms with Gasteiger partial charge in [-0.1, -0.05) is 0 Å². The quantitative estimate of drug-likeness (QED) is 0.596. The van der Waals surface area contributed by atoms with Gasteiger partial charge in [-0.05, 0) is 25.1 Å². The van der Waals surface area contributed by atoms with Crippen LogP contribution in [0.25, 0.3) is 21.0 Å². The molecule has 0 bridgehead atoms. The lowest BCUT2D eigenvalue weighted by atomic mass is 10.1. The van der Waals surface area contributed by atoms with Crippen molar-refractivity contribution in [3.05, 3.63) is 39.5 Å². The predicted octanol–water partition coefficient (Wildman–Crippen LogP) is 2.29. The highest BCUT2D eigenvalue weighted by Crippen LogP contribution is 2.40. The number of aromatic nitrogens is 1. The Labute approximate surface area is 124 Å². The first-order valence-corrected chi connectivity index (χ1v) is 7.58. The van der Waals surface area contributed by atoms with Crippen LogP contribution < -0.4 is 16.2 Å². The summed E-state index contributed by atoms with van der Waals surface area (Å²) in [6.07, 6.45) is 0. The van der Waals surface area contributed by atoms with Gasteiger partial charge in [-0.25, -0.2) is 0 Å². The van der Waals surface area contributed by atoms with E-state index in [1.165, 1.54) is 17.4 Å². The van der Waals surface area contributed by atoms with Gasteiger partial charge in [0.15, 0.2) is 0 Å². The third-order valence-electron chi connectivity index (χ3n) is 3.72. The van der Waals surface area contributed by atoms with Gasteiger partial charge in [0.25, 0.3) is 5.91 Å². The zero-order chi connectivity index (χ0) is 14.6. The van der Waals surface area contributed by atoms with E-state index in [1.807, 2.05) is 25.1 Å². The third-order valence-corrected chi connectivity index (χ3v) is 4.88. The van der Waals surface area contributed by atoms with Gasteiger partial charge >= 0.3 is 0 Å². The molecule has 0 spiro atoms. The van der Waals surface area contributed by atoms with E-state index in [1.54, 1.807) is 0 Å². The predicted molar refractivity (Wildman–Crippen MR) is 85.4 cm³/mol. The normalized spacial score (nSPS) is 18.1.